The molecule has 1 aliphatic carbocycles. The van der Waals surface area contributed by atoms with Crippen molar-refractivity contribution in [1.82, 2.24) is 9.13 Å². The number of fused-ring (bicyclic) bond motifs is 9. The van der Waals surface area contributed by atoms with Crippen molar-refractivity contribution >= 4 is 43.6 Å². The summed E-state index contributed by atoms with van der Waals surface area (Å²) in [7, 11) is 0. The van der Waals surface area contributed by atoms with E-state index in [1.165, 1.54) is 99.2 Å². The van der Waals surface area contributed by atoms with Crippen LogP contribution in [-0.2, 0) is 5.41 Å². The highest BCUT2D eigenvalue weighted by atomic mass is 15.0. The van der Waals surface area contributed by atoms with Crippen LogP contribution in [0, 0.1) is 0 Å². The number of nitrogens with zero attached hydrogens (tertiary/aromatic N) is 2. The summed E-state index contributed by atoms with van der Waals surface area (Å²) in [5.41, 5.74) is 19.7. The lowest BCUT2D eigenvalue weighted by Crippen LogP contribution is -2.15. The summed E-state index contributed by atoms with van der Waals surface area (Å²) in [6, 6.07) is 76.1. The van der Waals surface area contributed by atoms with Crippen molar-refractivity contribution in [3.05, 3.63) is 217 Å². The van der Waals surface area contributed by atoms with Crippen LogP contribution >= 0.6 is 0 Å². The van der Waals surface area contributed by atoms with Gasteiger partial charge in [-0.15, -0.1) is 0 Å². The van der Waals surface area contributed by atoms with Crippen molar-refractivity contribution in [1.29, 1.82) is 0 Å². The number of hydrogen-bond acceptors (Lipinski definition) is 0. The van der Waals surface area contributed by atoms with Crippen LogP contribution in [0.2, 0.25) is 0 Å². The average molecular weight is 753 g/mol. The molecule has 0 spiro atoms. The van der Waals surface area contributed by atoms with Gasteiger partial charge in [-0.2, -0.15) is 0 Å². The predicted octanol–water partition coefficient (Wildman–Crippen LogP) is 15.2. The molecule has 2 heterocycles. The van der Waals surface area contributed by atoms with E-state index in [2.05, 4.69) is 229 Å². The van der Waals surface area contributed by atoms with E-state index in [1.807, 2.05) is 0 Å². The van der Waals surface area contributed by atoms with Crippen LogP contribution < -0.4 is 0 Å². The Labute approximate surface area is 343 Å². The number of hydrogen-bond donors (Lipinski definition) is 0. The summed E-state index contributed by atoms with van der Waals surface area (Å²) < 4.78 is 4.93. The maximum absolute atomic E-state index is 2.52. The number of rotatable bonds is 5. The van der Waals surface area contributed by atoms with Crippen molar-refractivity contribution in [2.24, 2.45) is 0 Å². The lowest BCUT2D eigenvalue weighted by atomic mass is 9.82. The van der Waals surface area contributed by atoms with E-state index in [0.717, 1.165) is 11.4 Å². The lowest BCUT2D eigenvalue weighted by Gasteiger charge is -2.22. The molecule has 0 saturated carbocycles. The molecule has 0 aliphatic heterocycles. The molecule has 0 N–H and O–H groups in total. The van der Waals surface area contributed by atoms with Crippen molar-refractivity contribution < 1.29 is 0 Å². The first-order chi connectivity index (χ1) is 29.0. The summed E-state index contributed by atoms with van der Waals surface area (Å²) in [5, 5.41) is 5.04. The summed E-state index contributed by atoms with van der Waals surface area (Å²) >= 11 is 0. The van der Waals surface area contributed by atoms with E-state index in [0.29, 0.717) is 0 Å². The van der Waals surface area contributed by atoms with Crippen LogP contribution in [0.3, 0.4) is 0 Å². The first-order valence-corrected chi connectivity index (χ1v) is 20.6. The van der Waals surface area contributed by atoms with E-state index in [4.69, 9.17) is 0 Å². The van der Waals surface area contributed by atoms with Gasteiger partial charge in [-0.25, -0.2) is 0 Å². The quantitative estimate of drug-likeness (QED) is 0.166. The number of aromatic nitrogens is 2. The molecule has 12 rings (SSSR count). The van der Waals surface area contributed by atoms with Crippen molar-refractivity contribution in [3.8, 4) is 55.9 Å². The minimum atomic E-state index is -0.158. The topological polar surface area (TPSA) is 9.86 Å². The SMILES string of the molecule is CC1(C)c2ccc(-c3ccccc3)cc2-c2cc3c4ccccc4n(-c4cc(-c5ccccc5)cc(-c5cccc6c5c5ccccc5n6-c5ccccc5)c4)c3cc21. The van der Waals surface area contributed by atoms with Crippen molar-refractivity contribution in [2.45, 2.75) is 19.3 Å². The molecular weight excluding hydrogens is 713 g/mol. The third-order valence-electron chi connectivity index (χ3n) is 12.9. The molecule has 278 valence electrons. The molecule has 0 atom stereocenters. The van der Waals surface area contributed by atoms with Gasteiger partial charge in [-0.1, -0.05) is 153 Å². The maximum Gasteiger partial charge on any atom is 0.0547 e. The monoisotopic (exact) mass is 752 g/mol. The van der Waals surface area contributed by atoms with Gasteiger partial charge >= 0.3 is 0 Å². The first-order valence-electron chi connectivity index (χ1n) is 20.6. The largest absolute Gasteiger partial charge is 0.309 e. The van der Waals surface area contributed by atoms with Crippen LogP contribution in [0.5, 0.6) is 0 Å². The van der Waals surface area contributed by atoms with E-state index in [-0.39, 0.29) is 5.41 Å². The Morgan fingerprint density at radius 3 is 1.63 bits per heavy atom. The molecular formula is C57H40N2. The Balaban J connectivity index is 1.13. The zero-order valence-electron chi connectivity index (χ0n) is 33.0. The van der Waals surface area contributed by atoms with Gasteiger partial charge < -0.3 is 9.13 Å². The van der Waals surface area contributed by atoms with Crippen LogP contribution in [0.4, 0.5) is 0 Å². The molecule has 11 aromatic rings. The average Bonchev–Trinajstić information content (AvgIpc) is 3.89. The summed E-state index contributed by atoms with van der Waals surface area (Å²) in [6.45, 7) is 4.78. The summed E-state index contributed by atoms with van der Waals surface area (Å²) in [5.74, 6) is 0. The highest BCUT2D eigenvalue weighted by molar-refractivity contribution is 6.16. The van der Waals surface area contributed by atoms with Gasteiger partial charge in [0.05, 0.1) is 22.1 Å². The van der Waals surface area contributed by atoms with Gasteiger partial charge in [-0.05, 0) is 122 Å². The highest BCUT2D eigenvalue weighted by Gasteiger charge is 2.36. The second-order valence-electron chi connectivity index (χ2n) is 16.5. The molecule has 0 amide bonds. The standard InChI is InChI=1S/C57H40N2/c1-57(2)50-30-29-39(37-17-6-3-7-18-37)34-47(50)48-35-49-45-23-12-14-26-52(45)59(55(49)36-51(48)57)43-32-40(38-19-8-4-9-20-38)31-41(33-43)44-25-16-28-54-56(44)46-24-13-15-27-53(46)58(54)42-21-10-5-11-22-42/h3-36H,1-2H3. The summed E-state index contributed by atoms with van der Waals surface area (Å²) in [6.07, 6.45) is 0. The van der Waals surface area contributed by atoms with Gasteiger partial charge in [0.15, 0.2) is 0 Å². The maximum atomic E-state index is 2.52. The van der Waals surface area contributed by atoms with E-state index >= 15 is 0 Å². The minimum Gasteiger partial charge on any atom is -0.309 e. The fourth-order valence-electron chi connectivity index (χ4n) is 10.1. The van der Waals surface area contributed by atoms with Crippen LogP contribution in [0.1, 0.15) is 25.0 Å². The third kappa shape index (κ3) is 5.06. The van der Waals surface area contributed by atoms with Crippen LogP contribution in [0.25, 0.3) is 99.5 Å². The molecule has 2 heteroatoms. The molecule has 0 saturated heterocycles. The minimum absolute atomic E-state index is 0.158. The second-order valence-corrected chi connectivity index (χ2v) is 16.5. The van der Waals surface area contributed by atoms with E-state index < -0.39 is 0 Å². The fourth-order valence-corrected chi connectivity index (χ4v) is 10.1. The molecule has 0 radical (unpaired) electrons. The Kier molecular flexibility index (Phi) is 7.31. The normalized spacial score (nSPS) is 13.1. The number of benzene rings is 9. The molecule has 0 bridgehead atoms. The Morgan fingerprint density at radius 2 is 0.881 bits per heavy atom. The highest BCUT2D eigenvalue weighted by Crippen LogP contribution is 2.52. The zero-order chi connectivity index (χ0) is 39.2. The lowest BCUT2D eigenvalue weighted by molar-refractivity contribution is 0.661. The van der Waals surface area contributed by atoms with Crippen molar-refractivity contribution in [3.63, 3.8) is 0 Å². The number of para-hydroxylation sites is 3. The van der Waals surface area contributed by atoms with Crippen LogP contribution in [-0.4, -0.2) is 9.13 Å². The third-order valence-corrected chi connectivity index (χ3v) is 12.9. The molecule has 0 unspecified atom stereocenters. The summed E-state index contributed by atoms with van der Waals surface area (Å²) in [4.78, 5) is 0. The molecule has 9 aromatic carbocycles. The van der Waals surface area contributed by atoms with E-state index in [9.17, 15) is 0 Å². The zero-order valence-corrected chi connectivity index (χ0v) is 33.0. The Morgan fingerprint density at radius 1 is 0.305 bits per heavy atom. The van der Waals surface area contributed by atoms with Crippen molar-refractivity contribution in [2.75, 3.05) is 0 Å². The van der Waals surface area contributed by atoms with Gasteiger partial charge in [0.1, 0.15) is 0 Å². The van der Waals surface area contributed by atoms with Gasteiger partial charge in [0, 0.05) is 38.3 Å². The Hall–Kier alpha value is -7.42. The Bertz CT molecular complexity index is 3440. The molecule has 2 nitrogen and oxygen atoms in total. The molecule has 59 heavy (non-hydrogen) atoms. The van der Waals surface area contributed by atoms with Gasteiger partial charge in [0.25, 0.3) is 0 Å². The molecule has 1 aliphatic rings. The second kappa shape index (κ2) is 12.8. The fraction of sp³-hybridized carbons (Fsp3) is 0.0526. The predicted molar refractivity (Wildman–Crippen MR) is 249 cm³/mol. The molecule has 2 aromatic heterocycles. The molecule has 0 fully saturated rings. The van der Waals surface area contributed by atoms with E-state index in [1.54, 1.807) is 0 Å². The van der Waals surface area contributed by atoms with Gasteiger partial charge in [0.2, 0.25) is 0 Å². The van der Waals surface area contributed by atoms with Crippen LogP contribution in [0.15, 0.2) is 206 Å². The first kappa shape index (κ1) is 33.7. The van der Waals surface area contributed by atoms with Gasteiger partial charge in [-0.3, -0.25) is 0 Å². The smallest absolute Gasteiger partial charge is 0.0547 e.